The van der Waals surface area contributed by atoms with Gasteiger partial charge in [-0.05, 0) is 19.8 Å². The van der Waals surface area contributed by atoms with Crippen LogP contribution in [0.15, 0.2) is 0 Å². The molecule has 6 nitrogen and oxygen atoms in total. The van der Waals surface area contributed by atoms with Gasteiger partial charge in [0.25, 0.3) is 0 Å². The third-order valence-electron chi connectivity index (χ3n) is 3.30. The summed E-state index contributed by atoms with van der Waals surface area (Å²) in [6.45, 7) is 5.02. The van der Waals surface area contributed by atoms with Gasteiger partial charge >= 0.3 is 0 Å². The summed E-state index contributed by atoms with van der Waals surface area (Å²) in [6, 6.07) is 0.145. The molecule has 3 N–H and O–H groups in total. The maximum Gasteiger partial charge on any atom is 0.238 e. The van der Waals surface area contributed by atoms with E-state index in [4.69, 9.17) is 0 Å². The molecule has 0 aromatic rings. The van der Waals surface area contributed by atoms with Gasteiger partial charge in [-0.2, -0.15) is 0 Å². The normalized spacial score (nSPS) is 24.6. The van der Waals surface area contributed by atoms with Crippen molar-refractivity contribution < 1.29 is 9.59 Å². The van der Waals surface area contributed by atoms with Crippen LogP contribution in [0, 0.1) is 0 Å². The summed E-state index contributed by atoms with van der Waals surface area (Å²) >= 11 is 0. The van der Waals surface area contributed by atoms with Gasteiger partial charge in [-0.1, -0.05) is 0 Å². The SMILES string of the molecule is CCNC(=O)C1CNCCN1CC(=O)NC1CC1. The number of hydrogen-bond acceptors (Lipinski definition) is 4. The minimum atomic E-state index is -0.233. The standard InChI is InChI=1S/C12H22N4O2/c1-2-14-12(18)10-7-13-5-6-16(10)8-11(17)15-9-3-4-9/h9-10,13H,2-8H2,1H3,(H,14,18)(H,15,17). The molecule has 2 aliphatic rings. The van der Waals surface area contributed by atoms with Gasteiger partial charge in [0.15, 0.2) is 0 Å². The van der Waals surface area contributed by atoms with E-state index in [9.17, 15) is 9.59 Å². The van der Waals surface area contributed by atoms with Crippen molar-refractivity contribution >= 4 is 11.8 Å². The van der Waals surface area contributed by atoms with Crippen molar-refractivity contribution in [1.82, 2.24) is 20.9 Å². The van der Waals surface area contributed by atoms with E-state index < -0.39 is 0 Å². The first-order valence-electron chi connectivity index (χ1n) is 6.72. The van der Waals surface area contributed by atoms with Gasteiger partial charge in [-0.3, -0.25) is 14.5 Å². The number of rotatable bonds is 5. The van der Waals surface area contributed by atoms with Crippen molar-refractivity contribution in [2.75, 3.05) is 32.7 Å². The Morgan fingerprint density at radius 2 is 2.17 bits per heavy atom. The largest absolute Gasteiger partial charge is 0.355 e. The Bertz CT molecular complexity index is 317. The second-order valence-corrected chi connectivity index (χ2v) is 4.93. The van der Waals surface area contributed by atoms with Crippen LogP contribution in [0.25, 0.3) is 0 Å². The van der Waals surface area contributed by atoms with Gasteiger partial charge in [0.05, 0.1) is 6.54 Å². The predicted octanol–water partition coefficient (Wildman–Crippen LogP) is -1.33. The summed E-state index contributed by atoms with van der Waals surface area (Å²) in [7, 11) is 0. The maximum atomic E-state index is 11.9. The van der Waals surface area contributed by atoms with E-state index in [0.717, 1.165) is 25.9 Å². The molecule has 0 radical (unpaired) electrons. The van der Waals surface area contributed by atoms with Crippen LogP contribution in [-0.4, -0.2) is 61.5 Å². The van der Waals surface area contributed by atoms with Crippen molar-refractivity contribution in [2.45, 2.75) is 31.8 Å². The number of nitrogens with zero attached hydrogens (tertiary/aromatic N) is 1. The highest BCUT2D eigenvalue weighted by Crippen LogP contribution is 2.18. The summed E-state index contributed by atoms with van der Waals surface area (Å²) in [5.41, 5.74) is 0. The molecule has 0 aromatic carbocycles. The number of nitrogens with one attached hydrogen (secondary N) is 3. The fourth-order valence-electron chi connectivity index (χ4n) is 2.17. The predicted molar refractivity (Wildman–Crippen MR) is 68.1 cm³/mol. The summed E-state index contributed by atoms with van der Waals surface area (Å²) in [6.07, 6.45) is 2.18. The monoisotopic (exact) mass is 254 g/mol. The van der Waals surface area contributed by atoms with Crippen molar-refractivity contribution in [3.8, 4) is 0 Å². The van der Waals surface area contributed by atoms with Gasteiger partial charge in [-0.25, -0.2) is 0 Å². The van der Waals surface area contributed by atoms with Crippen LogP contribution in [0.1, 0.15) is 19.8 Å². The average molecular weight is 254 g/mol. The van der Waals surface area contributed by atoms with Crippen molar-refractivity contribution in [3.63, 3.8) is 0 Å². The lowest BCUT2D eigenvalue weighted by atomic mass is 10.1. The quantitative estimate of drug-likeness (QED) is 0.569. The van der Waals surface area contributed by atoms with Crippen molar-refractivity contribution in [3.05, 3.63) is 0 Å². The molecule has 1 saturated carbocycles. The van der Waals surface area contributed by atoms with Gasteiger partial charge in [0.1, 0.15) is 6.04 Å². The summed E-state index contributed by atoms with van der Waals surface area (Å²) in [5.74, 6) is 0.0395. The zero-order valence-corrected chi connectivity index (χ0v) is 10.9. The number of likely N-dealkylation sites (N-methyl/N-ethyl adjacent to an activating group) is 1. The van der Waals surface area contributed by atoms with E-state index in [1.54, 1.807) is 0 Å². The van der Waals surface area contributed by atoms with Crippen LogP contribution in [0.5, 0.6) is 0 Å². The van der Waals surface area contributed by atoms with E-state index in [1.807, 2.05) is 11.8 Å². The number of piperazine rings is 1. The third-order valence-corrected chi connectivity index (χ3v) is 3.30. The lowest BCUT2D eigenvalue weighted by molar-refractivity contribution is -0.129. The Hall–Kier alpha value is -1.14. The highest BCUT2D eigenvalue weighted by molar-refractivity contribution is 5.84. The smallest absolute Gasteiger partial charge is 0.238 e. The van der Waals surface area contributed by atoms with Gasteiger partial charge < -0.3 is 16.0 Å². The highest BCUT2D eigenvalue weighted by atomic mass is 16.2. The topological polar surface area (TPSA) is 73.5 Å². The lowest BCUT2D eigenvalue weighted by Crippen LogP contribution is -2.59. The van der Waals surface area contributed by atoms with Crippen LogP contribution in [0.4, 0.5) is 0 Å². The van der Waals surface area contributed by atoms with E-state index in [1.165, 1.54) is 0 Å². The molecule has 6 heteroatoms. The van der Waals surface area contributed by atoms with Crippen molar-refractivity contribution in [2.24, 2.45) is 0 Å². The lowest BCUT2D eigenvalue weighted by Gasteiger charge is -2.34. The Balaban J connectivity index is 1.85. The molecule has 2 rings (SSSR count). The zero-order chi connectivity index (χ0) is 13.0. The number of carbonyl (C=O) groups excluding carboxylic acids is 2. The summed E-state index contributed by atoms with van der Waals surface area (Å²) in [4.78, 5) is 25.6. The second kappa shape index (κ2) is 6.15. The zero-order valence-electron chi connectivity index (χ0n) is 10.9. The van der Waals surface area contributed by atoms with Crippen LogP contribution in [0.2, 0.25) is 0 Å². The van der Waals surface area contributed by atoms with E-state index in [-0.39, 0.29) is 17.9 Å². The molecule has 0 spiro atoms. The van der Waals surface area contributed by atoms with Crippen LogP contribution < -0.4 is 16.0 Å². The molecule has 0 aromatic heterocycles. The molecule has 1 aliphatic carbocycles. The Labute approximate surface area is 107 Å². The summed E-state index contributed by atoms with van der Waals surface area (Å²) < 4.78 is 0. The van der Waals surface area contributed by atoms with Gasteiger partial charge in [0, 0.05) is 32.2 Å². The minimum absolute atomic E-state index is 0.00363. The molecule has 1 aliphatic heterocycles. The second-order valence-electron chi connectivity index (χ2n) is 4.93. The number of carbonyl (C=O) groups is 2. The van der Waals surface area contributed by atoms with E-state index in [0.29, 0.717) is 25.7 Å². The molecule has 18 heavy (non-hydrogen) atoms. The molecule has 0 bridgehead atoms. The summed E-state index contributed by atoms with van der Waals surface area (Å²) in [5, 5.41) is 8.98. The molecular weight excluding hydrogens is 232 g/mol. The minimum Gasteiger partial charge on any atom is -0.355 e. The fraction of sp³-hybridized carbons (Fsp3) is 0.833. The number of hydrogen-bond donors (Lipinski definition) is 3. The number of amides is 2. The molecule has 1 unspecified atom stereocenters. The fourth-order valence-corrected chi connectivity index (χ4v) is 2.17. The third kappa shape index (κ3) is 3.68. The van der Waals surface area contributed by atoms with Crippen LogP contribution in [-0.2, 0) is 9.59 Å². The first kappa shape index (κ1) is 13.3. The molecule has 102 valence electrons. The van der Waals surface area contributed by atoms with Crippen LogP contribution in [0.3, 0.4) is 0 Å². The molecule has 2 fully saturated rings. The molecular formula is C12H22N4O2. The first-order valence-corrected chi connectivity index (χ1v) is 6.72. The van der Waals surface area contributed by atoms with Crippen molar-refractivity contribution in [1.29, 1.82) is 0 Å². The molecule has 1 saturated heterocycles. The molecule has 1 atom stereocenters. The Kier molecular flexibility index (Phi) is 4.54. The molecule has 2 amide bonds. The first-order chi connectivity index (χ1) is 8.70. The molecule has 1 heterocycles. The maximum absolute atomic E-state index is 11.9. The van der Waals surface area contributed by atoms with E-state index in [2.05, 4.69) is 16.0 Å². The van der Waals surface area contributed by atoms with Gasteiger partial charge in [0.2, 0.25) is 11.8 Å². The van der Waals surface area contributed by atoms with Crippen LogP contribution >= 0.6 is 0 Å². The Morgan fingerprint density at radius 1 is 1.39 bits per heavy atom. The van der Waals surface area contributed by atoms with Gasteiger partial charge in [-0.15, -0.1) is 0 Å². The van der Waals surface area contributed by atoms with E-state index >= 15 is 0 Å². The highest BCUT2D eigenvalue weighted by Gasteiger charge is 2.31. The Morgan fingerprint density at radius 3 is 2.83 bits per heavy atom. The average Bonchev–Trinajstić information content (AvgIpc) is 3.13.